The largest absolute Gasteiger partial charge is 0.480 e. The highest BCUT2D eigenvalue weighted by atomic mass is 31.2. The first-order valence-corrected chi connectivity index (χ1v) is 26.5. The minimum atomic E-state index is -4.72. The number of rotatable bonds is 47. The molecule has 0 aliphatic rings. The van der Waals surface area contributed by atoms with Crippen LogP contribution in [0, 0.1) is 0 Å². The van der Waals surface area contributed by atoms with Gasteiger partial charge in [-0.05, 0) is 70.6 Å². The SMILES string of the molecule is CCCCCCC/C=C\C/C=C\CCCCCCCCCCCCCC(=O)OC(COC(=O)CCCCCCC/C=C\CCCCCCCC)COP(=O)(O)OCC(N)C(=O)O. The number of aliphatic carboxylic acids is 1. The number of allylic oxidation sites excluding steroid dienone is 6. The van der Waals surface area contributed by atoms with E-state index in [1.165, 1.54) is 128 Å². The molecule has 0 radical (unpaired) electrons. The first-order valence-electron chi connectivity index (χ1n) is 25.0. The first kappa shape index (κ1) is 59.7. The molecule has 3 atom stereocenters. The van der Waals surface area contributed by atoms with Crippen LogP contribution in [0.3, 0.4) is 0 Å². The maximum absolute atomic E-state index is 12.7. The molecule has 362 valence electrons. The lowest BCUT2D eigenvalue weighted by Gasteiger charge is -2.20. The number of hydrogen-bond acceptors (Lipinski definition) is 9. The van der Waals surface area contributed by atoms with E-state index in [4.69, 9.17) is 24.8 Å². The van der Waals surface area contributed by atoms with Gasteiger partial charge in [-0.3, -0.25) is 23.4 Å². The summed E-state index contributed by atoms with van der Waals surface area (Å²) in [6.45, 7) is 2.80. The standard InChI is InChI=1S/C50H92NO10P/c1-3-5-7-9-11-13-15-17-19-20-21-22-23-24-25-26-28-30-32-34-36-38-40-42-49(53)61-46(44-59-62(56,57)60-45-47(51)50(54)55)43-58-48(52)41-39-37-35-33-31-29-27-18-16-14-12-10-8-6-4-2/h15,17-18,20-21,27,46-47H,3-14,16,19,22-26,28-45,51H2,1-2H3,(H,54,55)(H,56,57)/b17-15-,21-20-,27-18-. The summed E-state index contributed by atoms with van der Waals surface area (Å²) in [7, 11) is -4.72. The monoisotopic (exact) mass is 898 g/mol. The summed E-state index contributed by atoms with van der Waals surface area (Å²) in [4.78, 5) is 46.1. The van der Waals surface area contributed by atoms with Gasteiger partial charge in [0.1, 0.15) is 12.6 Å². The van der Waals surface area contributed by atoms with Gasteiger partial charge in [0.15, 0.2) is 6.10 Å². The number of carbonyl (C=O) groups excluding carboxylic acids is 2. The van der Waals surface area contributed by atoms with Crippen molar-refractivity contribution < 1.29 is 47.5 Å². The lowest BCUT2D eigenvalue weighted by atomic mass is 10.0. The Morgan fingerprint density at radius 1 is 0.500 bits per heavy atom. The van der Waals surface area contributed by atoms with Crippen LogP contribution in [0.5, 0.6) is 0 Å². The summed E-state index contributed by atoms with van der Waals surface area (Å²) < 4.78 is 32.8. The van der Waals surface area contributed by atoms with E-state index in [1.54, 1.807) is 0 Å². The molecule has 0 saturated carbocycles. The highest BCUT2D eigenvalue weighted by Crippen LogP contribution is 2.43. The zero-order valence-electron chi connectivity index (χ0n) is 39.5. The van der Waals surface area contributed by atoms with Crippen molar-refractivity contribution in [1.82, 2.24) is 0 Å². The Morgan fingerprint density at radius 2 is 0.855 bits per heavy atom. The number of phosphoric ester groups is 1. The lowest BCUT2D eigenvalue weighted by molar-refractivity contribution is -0.161. The van der Waals surface area contributed by atoms with E-state index in [0.717, 1.165) is 64.2 Å². The second-order valence-electron chi connectivity index (χ2n) is 16.9. The first-order chi connectivity index (χ1) is 30.1. The van der Waals surface area contributed by atoms with Crippen LogP contribution < -0.4 is 5.73 Å². The fraction of sp³-hybridized carbons (Fsp3) is 0.820. The summed E-state index contributed by atoms with van der Waals surface area (Å²) in [5, 5.41) is 8.91. The van der Waals surface area contributed by atoms with E-state index in [9.17, 15) is 23.8 Å². The van der Waals surface area contributed by atoms with Crippen LogP contribution in [0.15, 0.2) is 36.5 Å². The summed E-state index contributed by atoms with van der Waals surface area (Å²) in [6, 6.07) is -1.52. The van der Waals surface area contributed by atoms with Crippen LogP contribution in [0.2, 0.25) is 0 Å². The second-order valence-corrected chi connectivity index (χ2v) is 18.4. The Bertz CT molecular complexity index is 1190. The van der Waals surface area contributed by atoms with Crippen molar-refractivity contribution >= 4 is 25.7 Å². The summed E-state index contributed by atoms with van der Waals surface area (Å²) in [5.41, 5.74) is 5.35. The number of ether oxygens (including phenoxy) is 2. The van der Waals surface area contributed by atoms with Gasteiger partial charge < -0.3 is 25.2 Å². The highest BCUT2D eigenvalue weighted by molar-refractivity contribution is 7.47. The zero-order chi connectivity index (χ0) is 45.6. The number of phosphoric acid groups is 1. The second kappa shape index (κ2) is 45.3. The molecule has 0 rings (SSSR count). The van der Waals surface area contributed by atoms with Crippen molar-refractivity contribution in [2.24, 2.45) is 5.73 Å². The van der Waals surface area contributed by atoms with E-state index in [-0.39, 0.29) is 19.4 Å². The number of carbonyl (C=O) groups is 3. The van der Waals surface area contributed by atoms with Gasteiger partial charge in [0.25, 0.3) is 0 Å². The maximum atomic E-state index is 12.7. The number of esters is 2. The summed E-state index contributed by atoms with van der Waals surface area (Å²) in [6.07, 6.45) is 50.6. The molecule has 0 spiro atoms. The topological polar surface area (TPSA) is 172 Å². The van der Waals surface area contributed by atoms with Crippen molar-refractivity contribution in [3.63, 3.8) is 0 Å². The minimum Gasteiger partial charge on any atom is -0.480 e. The fourth-order valence-electron chi connectivity index (χ4n) is 6.91. The van der Waals surface area contributed by atoms with E-state index < -0.39 is 51.1 Å². The smallest absolute Gasteiger partial charge is 0.472 e. The Kier molecular flexibility index (Phi) is 43.6. The Hall–Kier alpha value is -2.30. The molecule has 0 fully saturated rings. The predicted octanol–water partition coefficient (Wildman–Crippen LogP) is 14.0. The molecule has 0 aliphatic carbocycles. The molecule has 0 bridgehead atoms. The number of carboxylic acid groups (broad SMARTS) is 1. The summed E-state index contributed by atoms with van der Waals surface area (Å²) >= 11 is 0. The molecule has 3 unspecified atom stereocenters. The van der Waals surface area contributed by atoms with Gasteiger partial charge in [0, 0.05) is 12.8 Å². The van der Waals surface area contributed by atoms with Gasteiger partial charge in [0.05, 0.1) is 13.2 Å². The molecule has 12 heteroatoms. The third kappa shape index (κ3) is 44.3. The van der Waals surface area contributed by atoms with Gasteiger partial charge in [0.2, 0.25) is 0 Å². The minimum absolute atomic E-state index is 0.158. The summed E-state index contributed by atoms with van der Waals surface area (Å²) in [5.74, 6) is -2.38. The molecular weight excluding hydrogens is 806 g/mol. The molecule has 0 saturated heterocycles. The Balaban J connectivity index is 4.24. The third-order valence-electron chi connectivity index (χ3n) is 10.9. The molecule has 0 aromatic heterocycles. The molecule has 0 aliphatic heterocycles. The number of unbranched alkanes of at least 4 members (excludes halogenated alkanes) is 27. The molecule has 0 heterocycles. The van der Waals surface area contributed by atoms with Gasteiger partial charge in [-0.25, -0.2) is 4.57 Å². The number of nitrogens with two attached hydrogens (primary N) is 1. The van der Waals surface area contributed by atoms with Crippen LogP contribution >= 0.6 is 7.82 Å². The lowest BCUT2D eigenvalue weighted by Crippen LogP contribution is -2.34. The molecular formula is C50H92NO10P. The average molecular weight is 898 g/mol. The Morgan fingerprint density at radius 3 is 1.27 bits per heavy atom. The van der Waals surface area contributed by atoms with Crippen LogP contribution in [-0.4, -0.2) is 59.9 Å². The van der Waals surface area contributed by atoms with Crippen molar-refractivity contribution in [1.29, 1.82) is 0 Å². The number of hydrogen-bond donors (Lipinski definition) is 3. The van der Waals surface area contributed by atoms with E-state index in [2.05, 4.69) is 54.8 Å². The van der Waals surface area contributed by atoms with E-state index >= 15 is 0 Å². The molecule has 4 N–H and O–H groups in total. The van der Waals surface area contributed by atoms with Crippen LogP contribution in [0.4, 0.5) is 0 Å². The van der Waals surface area contributed by atoms with E-state index in [1.807, 2.05) is 0 Å². The van der Waals surface area contributed by atoms with Gasteiger partial charge in [-0.15, -0.1) is 0 Å². The predicted molar refractivity (Wildman–Crippen MR) is 254 cm³/mol. The van der Waals surface area contributed by atoms with Gasteiger partial charge in [-0.2, -0.15) is 0 Å². The van der Waals surface area contributed by atoms with Crippen molar-refractivity contribution in [2.45, 2.75) is 244 Å². The molecule has 11 nitrogen and oxygen atoms in total. The number of carboxylic acids is 1. The van der Waals surface area contributed by atoms with Crippen LogP contribution in [-0.2, 0) is 37.5 Å². The van der Waals surface area contributed by atoms with E-state index in [0.29, 0.717) is 12.8 Å². The van der Waals surface area contributed by atoms with Gasteiger partial charge in [-0.1, -0.05) is 185 Å². The van der Waals surface area contributed by atoms with Crippen molar-refractivity contribution in [3.8, 4) is 0 Å². The molecule has 0 aromatic rings. The molecule has 0 aromatic carbocycles. The van der Waals surface area contributed by atoms with Gasteiger partial charge >= 0.3 is 25.7 Å². The highest BCUT2D eigenvalue weighted by Gasteiger charge is 2.28. The van der Waals surface area contributed by atoms with Crippen LogP contribution in [0.25, 0.3) is 0 Å². The van der Waals surface area contributed by atoms with Crippen molar-refractivity contribution in [3.05, 3.63) is 36.5 Å². The van der Waals surface area contributed by atoms with Crippen LogP contribution in [0.1, 0.15) is 232 Å². The average Bonchev–Trinajstić information content (AvgIpc) is 3.25. The quantitative estimate of drug-likeness (QED) is 0.0230. The fourth-order valence-corrected chi connectivity index (χ4v) is 7.69. The molecule has 0 amide bonds. The molecule has 62 heavy (non-hydrogen) atoms. The zero-order valence-corrected chi connectivity index (χ0v) is 40.4. The Labute approximate surface area is 378 Å². The van der Waals surface area contributed by atoms with Crippen molar-refractivity contribution in [2.75, 3.05) is 19.8 Å². The maximum Gasteiger partial charge on any atom is 0.472 e. The third-order valence-corrected chi connectivity index (χ3v) is 11.8. The normalized spacial score (nSPS) is 13.9.